The summed E-state index contributed by atoms with van der Waals surface area (Å²) in [6.45, 7) is 4.26. The Balaban J connectivity index is 1.75. The Hall–Kier alpha value is -2.56. The van der Waals surface area contributed by atoms with Gasteiger partial charge in [-0.2, -0.15) is 0 Å². The van der Waals surface area contributed by atoms with Gasteiger partial charge in [-0.1, -0.05) is 24.3 Å². The summed E-state index contributed by atoms with van der Waals surface area (Å²) in [5.41, 5.74) is 3.19. The molecule has 1 atom stereocenters. The molecule has 5 heteroatoms. The molecule has 3 rings (SSSR count). The number of benzene rings is 1. The molecule has 1 aromatic carbocycles. The van der Waals surface area contributed by atoms with Gasteiger partial charge in [-0.15, -0.1) is 0 Å². The van der Waals surface area contributed by atoms with Crippen molar-refractivity contribution in [3.63, 3.8) is 0 Å². The number of hydrogen-bond donors (Lipinski definition) is 1. The molecule has 0 fully saturated rings. The van der Waals surface area contributed by atoms with Crippen molar-refractivity contribution in [2.45, 2.75) is 39.4 Å². The maximum atomic E-state index is 12.6. The third kappa shape index (κ3) is 3.13. The average molecular weight is 312 g/mol. The molecule has 5 nitrogen and oxygen atoms in total. The van der Waals surface area contributed by atoms with Gasteiger partial charge in [-0.25, -0.2) is 0 Å². The first-order chi connectivity index (χ1) is 11.1. The molecule has 0 spiro atoms. The highest BCUT2D eigenvalue weighted by molar-refractivity contribution is 5.87. The van der Waals surface area contributed by atoms with Gasteiger partial charge in [0.15, 0.2) is 0 Å². The van der Waals surface area contributed by atoms with Crippen LogP contribution in [0.25, 0.3) is 0 Å². The number of nitrogens with zero attached hydrogens (tertiary/aromatic N) is 1. The highest BCUT2D eigenvalue weighted by atomic mass is 16.3. The van der Waals surface area contributed by atoms with Crippen molar-refractivity contribution in [1.29, 1.82) is 0 Å². The second kappa shape index (κ2) is 6.28. The van der Waals surface area contributed by atoms with Crippen molar-refractivity contribution in [3.8, 4) is 0 Å². The van der Waals surface area contributed by atoms with Crippen LogP contribution in [-0.2, 0) is 29.1 Å². The summed E-state index contributed by atoms with van der Waals surface area (Å²) in [4.78, 5) is 26.2. The summed E-state index contributed by atoms with van der Waals surface area (Å²) in [5.74, 6) is 0.581. The van der Waals surface area contributed by atoms with Gasteiger partial charge < -0.3 is 14.6 Å². The molecule has 1 aliphatic heterocycles. The Bertz CT molecular complexity index is 735. The fourth-order valence-electron chi connectivity index (χ4n) is 2.98. The van der Waals surface area contributed by atoms with Crippen molar-refractivity contribution in [3.05, 3.63) is 59.0 Å². The molecule has 0 saturated carbocycles. The number of nitrogens with one attached hydrogen (secondary N) is 1. The van der Waals surface area contributed by atoms with Crippen LogP contribution in [-0.4, -0.2) is 22.8 Å². The topological polar surface area (TPSA) is 62.6 Å². The zero-order valence-corrected chi connectivity index (χ0v) is 13.3. The van der Waals surface area contributed by atoms with E-state index in [1.54, 1.807) is 11.2 Å². The fourth-order valence-corrected chi connectivity index (χ4v) is 2.98. The third-order valence-corrected chi connectivity index (χ3v) is 4.38. The quantitative estimate of drug-likeness (QED) is 0.945. The second-order valence-electron chi connectivity index (χ2n) is 5.86. The minimum atomic E-state index is -0.463. The lowest BCUT2D eigenvalue weighted by molar-refractivity contribution is -0.140. The molecule has 2 heterocycles. The van der Waals surface area contributed by atoms with E-state index in [0.29, 0.717) is 19.5 Å². The van der Waals surface area contributed by atoms with Crippen molar-refractivity contribution in [2.75, 3.05) is 0 Å². The number of carbonyl (C=O) groups excluding carboxylic acids is 2. The first-order valence-electron chi connectivity index (χ1n) is 7.71. The summed E-state index contributed by atoms with van der Waals surface area (Å²) in [6.07, 6.45) is 2.15. The van der Waals surface area contributed by atoms with Gasteiger partial charge in [-0.05, 0) is 24.1 Å². The lowest BCUT2D eigenvalue weighted by Gasteiger charge is -2.35. The Morgan fingerprint density at radius 3 is 2.65 bits per heavy atom. The maximum absolute atomic E-state index is 12.6. The Labute approximate surface area is 135 Å². The molecular formula is C18H20N2O3. The normalized spacial score (nSPS) is 16.8. The van der Waals surface area contributed by atoms with Crippen LogP contribution >= 0.6 is 0 Å². The molecule has 23 heavy (non-hydrogen) atoms. The van der Waals surface area contributed by atoms with E-state index in [2.05, 4.69) is 5.32 Å². The van der Waals surface area contributed by atoms with Crippen molar-refractivity contribution in [2.24, 2.45) is 0 Å². The van der Waals surface area contributed by atoms with E-state index < -0.39 is 6.04 Å². The monoisotopic (exact) mass is 312 g/mol. The molecule has 0 bridgehead atoms. The van der Waals surface area contributed by atoms with Crippen molar-refractivity contribution >= 4 is 11.8 Å². The van der Waals surface area contributed by atoms with E-state index in [-0.39, 0.29) is 11.8 Å². The number of aryl methyl sites for hydroxylation is 1. The summed E-state index contributed by atoms with van der Waals surface area (Å²) < 4.78 is 5.23. The summed E-state index contributed by atoms with van der Waals surface area (Å²) in [6, 6.07) is 9.33. The van der Waals surface area contributed by atoms with Gasteiger partial charge in [0.05, 0.1) is 6.26 Å². The SMILES string of the molecule is CC(=O)N1Cc2ccccc2C[C@H]1C(=O)NCc1ccoc1C. The predicted octanol–water partition coefficient (Wildman–Crippen LogP) is 2.18. The lowest BCUT2D eigenvalue weighted by atomic mass is 9.93. The van der Waals surface area contributed by atoms with E-state index in [1.165, 1.54) is 6.92 Å². The first kappa shape index (κ1) is 15.3. The zero-order valence-electron chi connectivity index (χ0n) is 13.3. The molecule has 2 amide bonds. The van der Waals surface area contributed by atoms with Gasteiger partial charge >= 0.3 is 0 Å². The number of amides is 2. The van der Waals surface area contributed by atoms with Crippen LogP contribution in [0.1, 0.15) is 29.4 Å². The zero-order chi connectivity index (χ0) is 16.4. The van der Waals surface area contributed by atoms with Gasteiger partial charge in [0, 0.05) is 32.0 Å². The lowest BCUT2D eigenvalue weighted by Crippen LogP contribution is -2.51. The molecule has 120 valence electrons. The number of hydrogen-bond acceptors (Lipinski definition) is 3. The molecule has 2 aromatic rings. The molecule has 0 aliphatic carbocycles. The van der Waals surface area contributed by atoms with E-state index in [4.69, 9.17) is 4.42 Å². The van der Waals surface area contributed by atoms with E-state index >= 15 is 0 Å². The third-order valence-electron chi connectivity index (χ3n) is 4.38. The van der Waals surface area contributed by atoms with Crippen molar-refractivity contribution < 1.29 is 14.0 Å². The standard InChI is InChI=1S/C18H20N2O3/c1-12-15(7-8-23-12)10-19-18(22)17-9-14-5-3-4-6-16(14)11-20(17)13(2)21/h3-8,17H,9-11H2,1-2H3,(H,19,22)/t17-/m0/s1. The van der Waals surface area contributed by atoms with E-state index in [0.717, 1.165) is 22.5 Å². The second-order valence-corrected chi connectivity index (χ2v) is 5.86. The Morgan fingerprint density at radius 1 is 1.26 bits per heavy atom. The molecule has 1 aromatic heterocycles. The van der Waals surface area contributed by atoms with Gasteiger partial charge in [0.2, 0.25) is 11.8 Å². The van der Waals surface area contributed by atoms with Crippen LogP contribution in [0, 0.1) is 6.92 Å². The Kier molecular flexibility index (Phi) is 4.19. The summed E-state index contributed by atoms with van der Waals surface area (Å²) in [7, 11) is 0. The highest BCUT2D eigenvalue weighted by Crippen LogP contribution is 2.23. The van der Waals surface area contributed by atoms with E-state index in [1.807, 2.05) is 37.3 Å². The van der Waals surface area contributed by atoms with Crippen LogP contribution in [0.15, 0.2) is 41.0 Å². The van der Waals surface area contributed by atoms with Crippen LogP contribution in [0.4, 0.5) is 0 Å². The average Bonchev–Trinajstić information content (AvgIpc) is 2.96. The minimum absolute atomic E-state index is 0.0841. The number of furan rings is 1. The molecule has 0 radical (unpaired) electrons. The predicted molar refractivity (Wildman–Crippen MR) is 85.4 cm³/mol. The van der Waals surface area contributed by atoms with Crippen LogP contribution in [0.5, 0.6) is 0 Å². The number of rotatable bonds is 3. The summed E-state index contributed by atoms with van der Waals surface area (Å²) in [5, 5.41) is 2.92. The Morgan fingerprint density at radius 2 is 2.00 bits per heavy atom. The number of fused-ring (bicyclic) bond motifs is 1. The molecule has 1 N–H and O–H groups in total. The first-order valence-corrected chi connectivity index (χ1v) is 7.71. The van der Waals surface area contributed by atoms with Gasteiger partial charge in [0.1, 0.15) is 11.8 Å². The highest BCUT2D eigenvalue weighted by Gasteiger charge is 2.32. The van der Waals surface area contributed by atoms with Crippen molar-refractivity contribution in [1.82, 2.24) is 10.2 Å². The van der Waals surface area contributed by atoms with Crippen LogP contribution in [0.3, 0.4) is 0 Å². The number of carbonyl (C=O) groups is 2. The smallest absolute Gasteiger partial charge is 0.243 e. The summed E-state index contributed by atoms with van der Waals surface area (Å²) >= 11 is 0. The largest absolute Gasteiger partial charge is 0.469 e. The maximum Gasteiger partial charge on any atom is 0.243 e. The minimum Gasteiger partial charge on any atom is -0.469 e. The fraction of sp³-hybridized carbons (Fsp3) is 0.333. The van der Waals surface area contributed by atoms with Crippen LogP contribution in [0.2, 0.25) is 0 Å². The van der Waals surface area contributed by atoms with Gasteiger partial charge in [0.25, 0.3) is 0 Å². The van der Waals surface area contributed by atoms with Gasteiger partial charge in [-0.3, -0.25) is 9.59 Å². The van der Waals surface area contributed by atoms with Crippen LogP contribution < -0.4 is 5.32 Å². The van der Waals surface area contributed by atoms with E-state index in [9.17, 15) is 9.59 Å². The molecule has 0 saturated heterocycles. The molecule has 1 aliphatic rings. The molecular weight excluding hydrogens is 292 g/mol. The molecule has 0 unspecified atom stereocenters.